The van der Waals surface area contributed by atoms with Gasteiger partial charge in [0.05, 0.1) is 19.1 Å². The molecule has 0 aliphatic heterocycles. The molecule has 2 aromatic rings. The summed E-state index contributed by atoms with van der Waals surface area (Å²) < 4.78 is 10.2. The van der Waals surface area contributed by atoms with Crippen molar-refractivity contribution in [1.82, 2.24) is 0 Å². The average Bonchev–Trinajstić information content (AvgIpc) is 2.55. The van der Waals surface area contributed by atoms with Crippen molar-refractivity contribution in [3.05, 3.63) is 56.6 Å². The lowest BCUT2D eigenvalue weighted by Gasteiger charge is -2.08. The van der Waals surface area contributed by atoms with Gasteiger partial charge < -0.3 is 15.2 Å². The third kappa shape index (κ3) is 4.16. The van der Waals surface area contributed by atoms with Crippen molar-refractivity contribution in [2.24, 2.45) is 0 Å². The molecule has 0 spiro atoms. The van der Waals surface area contributed by atoms with Crippen molar-refractivity contribution in [1.29, 1.82) is 0 Å². The summed E-state index contributed by atoms with van der Waals surface area (Å²) in [6, 6.07) is 6.82. The summed E-state index contributed by atoms with van der Waals surface area (Å²) in [6.45, 7) is 7.52. The zero-order valence-corrected chi connectivity index (χ0v) is 15.0. The van der Waals surface area contributed by atoms with Crippen LogP contribution in [0.5, 0.6) is 11.5 Å². The highest BCUT2D eigenvalue weighted by Crippen LogP contribution is 2.28. The van der Waals surface area contributed by atoms with Crippen LogP contribution < -0.4 is 15.2 Å². The summed E-state index contributed by atoms with van der Waals surface area (Å²) in [6.07, 6.45) is 0. The van der Waals surface area contributed by atoms with Gasteiger partial charge in [-0.2, -0.15) is 0 Å². The molecule has 2 rings (SSSR count). The monoisotopic (exact) mass is 332 g/mol. The molecule has 24 heavy (non-hydrogen) atoms. The molecule has 0 heterocycles. The summed E-state index contributed by atoms with van der Waals surface area (Å²) in [5.74, 6) is 1.58. The third-order valence-electron chi connectivity index (χ3n) is 4.12. The van der Waals surface area contributed by atoms with Crippen molar-refractivity contribution in [3.8, 4) is 11.5 Å². The van der Waals surface area contributed by atoms with E-state index in [9.17, 15) is 10.1 Å². The van der Waals surface area contributed by atoms with E-state index in [1.807, 2.05) is 26.0 Å². The van der Waals surface area contributed by atoms with Crippen LogP contribution in [-0.2, 0) is 0 Å². The van der Waals surface area contributed by atoms with Crippen LogP contribution in [0.25, 0.3) is 0 Å². The number of methoxy groups -OCH3 is 2. The maximum atomic E-state index is 10.5. The Morgan fingerprint density at radius 3 is 1.75 bits per heavy atom. The van der Waals surface area contributed by atoms with Gasteiger partial charge in [-0.25, -0.2) is 0 Å². The van der Waals surface area contributed by atoms with Crippen molar-refractivity contribution in [3.63, 3.8) is 0 Å². The third-order valence-corrected chi connectivity index (χ3v) is 4.12. The first-order valence-electron chi connectivity index (χ1n) is 7.42. The first-order valence-corrected chi connectivity index (χ1v) is 7.42. The van der Waals surface area contributed by atoms with Crippen LogP contribution in [-0.4, -0.2) is 19.1 Å². The molecule has 0 radical (unpaired) electrons. The molecule has 0 aromatic heterocycles. The molecule has 0 amide bonds. The Bertz CT molecular complexity index is 742. The van der Waals surface area contributed by atoms with Gasteiger partial charge in [-0.05, 0) is 57.0 Å². The van der Waals surface area contributed by atoms with Crippen molar-refractivity contribution in [2.75, 3.05) is 20.0 Å². The molecule has 0 bridgehead atoms. The van der Waals surface area contributed by atoms with E-state index >= 15 is 0 Å². The standard InChI is InChI=1S/C9H11NO3.C9H13NO/c1-6-7(2)9(13-3)5-4-8(6)10(11)12;1-6-7(2)9(11-3)5-4-8(6)10/h4-5H,1-3H3;4-5H,10H2,1-3H3. The lowest BCUT2D eigenvalue weighted by atomic mass is 10.1. The van der Waals surface area contributed by atoms with E-state index in [0.29, 0.717) is 11.3 Å². The lowest BCUT2D eigenvalue weighted by molar-refractivity contribution is -0.385. The molecule has 0 aliphatic carbocycles. The Labute approximate surface area is 142 Å². The molecule has 0 saturated carbocycles. The van der Waals surface area contributed by atoms with E-state index < -0.39 is 0 Å². The molecule has 6 heteroatoms. The minimum Gasteiger partial charge on any atom is -0.496 e. The van der Waals surface area contributed by atoms with Gasteiger partial charge in [-0.1, -0.05) is 0 Å². The fraction of sp³-hybridized carbons (Fsp3) is 0.333. The number of hydrogen-bond donors (Lipinski definition) is 1. The number of nitro groups is 1. The molecule has 130 valence electrons. The van der Waals surface area contributed by atoms with E-state index in [1.54, 1.807) is 34.1 Å². The number of nitrogens with zero attached hydrogens (tertiary/aromatic N) is 1. The Morgan fingerprint density at radius 1 is 0.833 bits per heavy atom. The number of nitrogen functional groups attached to an aromatic ring is 1. The zero-order valence-electron chi connectivity index (χ0n) is 15.0. The van der Waals surface area contributed by atoms with Crippen LogP contribution in [0.2, 0.25) is 0 Å². The lowest BCUT2D eigenvalue weighted by Crippen LogP contribution is -1.96. The largest absolute Gasteiger partial charge is 0.496 e. The quantitative estimate of drug-likeness (QED) is 0.519. The van der Waals surface area contributed by atoms with Gasteiger partial charge in [0, 0.05) is 22.9 Å². The van der Waals surface area contributed by atoms with Crippen LogP contribution in [0, 0.1) is 37.8 Å². The van der Waals surface area contributed by atoms with Gasteiger partial charge >= 0.3 is 0 Å². The Kier molecular flexibility index (Phi) is 6.58. The van der Waals surface area contributed by atoms with Crippen LogP contribution in [0.1, 0.15) is 22.3 Å². The summed E-state index contributed by atoms with van der Waals surface area (Å²) in [7, 11) is 3.21. The second-order valence-corrected chi connectivity index (χ2v) is 5.40. The molecular formula is C18H24N2O4. The molecule has 2 N–H and O–H groups in total. The van der Waals surface area contributed by atoms with Gasteiger partial charge in [-0.15, -0.1) is 0 Å². The second-order valence-electron chi connectivity index (χ2n) is 5.40. The van der Waals surface area contributed by atoms with E-state index in [0.717, 1.165) is 28.1 Å². The summed E-state index contributed by atoms with van der Waals surface area (Å²) >= 11 is 0. The Hall–Kier alpha value is -2.76. The number of benzene rings is 2. The maximum Gasteiger partial charge on any atom is 0.272 e. The van der Waals surface area contributed by atoms with Gasteiger partial charge in [0.1, 0.15) is 11.5 Å². The van der Waals surface area contributed by atoms with Crippen LogP contribution in [0.15, 0.2) is 24.3 Å². The summed E-state index contributed by atoms with van der Waals surface area (Å²) in [5, 5.41) is 10.5. The number of nitrogens with two attached hydrogens (primary N) is 1. The molecular weight excluding hydrogens is 308 g/mol. The van der Waals surface area contributed by atoms with Crippen molar-refractivity contribution in [2.45, 2.75) is 27.7 Å². The number of anilines is 1. The van der Waals surface area contributed by atoms with Crippen molar-refractivity contribution < 1.29 is 14.4 Å². The minimum absolute atomic E-state index is 0.137. The minimum atomic E-state index is -0.387. The van der Waals surface area contributed by atoms with E-state index in [2.05, 4.69) is 0 Å². The SMILES string of the molecule is COc1ccc(N)c(C)c1C.COc1ccc([N+](=O)[O-])c(C)c1C. The van der Waals surface area contributed by atoms with Gasteiger partial charge in [-0.3, -0.25) is 10.1 Å². The zero-order chi connectivity index (χ0) is 18.4. The van der Waals surface area contributed by atoms with Crippen LogP contribution in [0.4, 0.5) is 11.4 Å². The topological polar surface area (TPSA) is 87.6 Å². The molecule has 0 saturated heterocycles. The van der Waals surface area contributed by atoms with E-state index in [1.165, 1.54) is 6.07 Å². The average molecular weight is 332 g/mol. The normalized spacial score (nSPS) is 9.75. The Balaban J connectivity index is 0.000000243. The first-order chi connectivity index (χ1) is 11.2. The highest BCUT2D eigenvalue weighted by molar-refractivity contribution is 5.55. The predicted octanol–water partition coefficient (Wildman–Crippen LogP) is 4.11. The Morgan fingerprint density at radius 2 is 1.29 bits per heavy atom. The predicted molar refractivity (Wildman–Crippen MR) is 96.0 cm³/mol. The molecule has 0 fully saturated rings. The van der Waals surface area contributed by atoms with Gasteiger partial charge in [0.15, 0.2) is 0 Å². The van der Waals surface area contributed by atoms with E-state index in [-0.39, 0.29) is 10.6 Å². The molecule has 0 aliphatic rings. The molecule has 6 nitrogen and oxygen atoms in total. The van der Waals surface area contributed by atoms with E-state index in [4.69, 9.17) is 15.2 Å². The van der Waals surface area contributed by atoms with Gasteiger partial charge in [0.2, 0.25) is 0 Å². The summed E-state index contributed by atoms with van der Waals surface area (Å²) in [4.78, 5) is 10.2. The molecule has 0 unspecified atom stereocenters. The fourth-order valence-electron chi connectivity index (χ4n) is 2.24. The number of hydrogen-bond acceptors (Lipinski definition) is 5. The smallest absolute Gasteiger partial charge is 0.272 e. The fourth-order valence-corrected chi connectivity index (χ4v) is 2.24. The maximum absolute atomic E-state index is 10.5. The highest BCUT2D eigenvalue weighted by atomic mass is 16.6. The van der Waals surface area contributed by atoms with Gasteiger partial charge in [0.25, 0.3) is 5.69 Å². The number of nitro benzene ring substituents is 1. The number of rotatable bonds is 3. The first kappa shape index (κ1) is 19.3. The molecule has 2 aromatic carbocycles. The number of ether oxygens (including phenoxy) is 2. The summed E-state index contributed by atoms with van der Waals surface area (Å²) in [5.41, 5.74) is 10.3. The van der Waals surface area contributed by atoms with Crippen LogP contribution >= 0.6 is 0 Å². The molecule has 0 atom stereocenters. The van der Waals surface area contributed by atoms with Crippen LogP contribution in [0.3, 0.4) is 0 Å². The second kappa shape index (κ2) is 8.19. The highest BCUT2D eigenvalue weighted by Gasteiger charge is 2.14. The van der Waals surface area contributed by atoms with Crippen molar-refractivity contribution >= 4 is 11.4 Å².